The molecule has 2 aromatic rings. The Labute approximate surface area is 124 Å². The molecule has 0 N–H and O–H groups in total. The molecule has 110 valence electrons. The molecule has 0 unspecified atom stereocenters. The van der Waals surface area contributed by atoms with E-state index in [1.807, 2.05) is 19.9 Å². The van der Waals surface area contributed by atoms with Crippen LogP contribution in [0.1, 0.15) is 24.2 Å². The number of benzene rings is 2. The van der Waals surface area contributed by atoms with E-state index in [2.05, 4.69) is 0 Å². The van der Waals surface area contributed by atoms with Crippen LogP contribution in [0.25, 0.3) is 0 Å². The van der Waals surface area contributed by atoms with Crippen molar-refractivity contribution in [3.63, 3.8) is 0 Å². The van der Waals surface area contributed by atoms with Crippen LogP contribution in [0.4, 0.5) is 0 Å². The smallest absolute Gasteiger partial charge is 0.343 e. The van der Waals surface area contributed by atoms with E-state index in [-0.39, 0.29) is 6.10 Å². The lowest BCUT2D eigenvalue weighted by Gasteiger charge is -2.11. The quantitative estimate of drug-likeness (QED) is 0.621. The molecule has 0 aromatic heterocycles. The number of esters is 1. The van der Waals surface area contributed by atoms with Gasteiger partial charge in [-0.2, -0.15) is 0 Å². The number of methoxy groups -OCH3 is 1. The predicted molar refractivity (Wildman–Crippen MR) is 80.2 cm³/mol. The summed E-state index contributed by atoms with van der Waals surface area (Å²) in [7, 11) is 1.53. The second kappa shape index (κ2) is 6.79. The van der Waals surface area contributed by atoms with Gasteiger partial charge in [-0.25, -0.2) is 4.79 Å². The molecule has 2 rings (SSSR count). The lowest BCUT2D eigenvalue weighted by molar-refractivity contribution is 0.0729. The van der Waals surface area contributed by atoms with E-state index in [1.165, 1.54) is 7.11 Å². The summed E-state index contributed by atoms with van der Waals surface area (Å²) < 4.78 is 16.0. The highest BCUT2D eigenvalue weighted by atomic mass is 16.6. The molecule has 0 aliphatic heterocycles. The van der Waals surface area contributed by atoms with Gasteiger partial charge < -0.3 is 14.2 Å². The number of hydrogen-bond acceptors (Lipinski definition) is 4. The van der Waals surface area contributed by atoms with Crippen LogP contribution in [0, 0.1) is 0 Å². The van der Waals surface area contributed by atoms with Gasteiger partial charge in [0.2, 0.25) is 0 Å². The fourth-order valence-electron chi connectivity index (χ4n) is 1.80. The first-order valence-electron chi connectivity index (χ1n) is 6.72. The molecule has 0 aliphatic carbocycles. The van der Waals surface area contributed by atoms with E-state index in [9.17, 15) is 4.79 Å². The molecule has 0 atom stereocenters. The summed E-state index contributed by atoms with van der Waals surface area (Å²) in [5.41, 5.74) is 0.456. The van der Waals surface area contributed by atoms with Crippen molar-refractivity contribution in [3.05, 3.63) is 54.1 Å². The van der Waals surface area contributed by atoms with Crippen LogP contribution in [0.2, 0.25) is 0 Å². The van der Waals surface area contributed by atoms with Crippen LogP contribution in [-0.2, 0) is 0 Å². The Bertz CT molecular complexity index is 602. The van der Waals surface area contributed by atoms with E-state index in [1.54, 1.807) is 42.5 Å². The number of hydrogen-bond donors (Lipinski definition) is 0. The molecule has 0 spiro atoms. The SMILES string of the molecule is COc1ccccc1OC(=O)c1ccc(OC(C)C)cc1. The largest absolute Gasteiger partial charge is 0.493 e. The zero-order valence-corrected chi connectivity index (χ0v) is 12.3. The van der Waals surface area contributed by atoms with Gasteiger partial charge in [0, 0.05) is 0 Å². The Kier molecular flexibility index (Phi) is 4.82. The third-order valence-electron chi connectivity index (χ3n) is 2.73. The zero-order valence-electron chi connectivity index (χ0n) is 12.3. The topological polar surface area (TPSA) is 44.8 Å². The minimum Gasteiger partial charge on any atom is -0.493 e. The van der Waals surface area contributed by atoms with E-state index in [4.69, 9.17) is 14.2 Å². The van der Waals surface area contributed by atoms with Gasteiger partial charge in [-0.3, -0.25) is 0 Å². The van der Waals surface area contributed by atoms with Gasteiger partial charge in [-0.05, 0) is 50.2 Å². The highest BCUT2D eigenvalue weighted by Crippen LogP contribution is 2.26. The lowest BCUT2D eigenvalue weighted by Crippen LogP contribution is -2.10. The summed E-state index contributed by atoms with van der Waals surface area (Å²) in [5.74, 6) is 1.20. The monoisotopic (exact) mass is 286 g/mol. The van der Waals surface area contributed by atoms with Gasteiger partial charge in [0.15, 0.2) is 11.5 Å². The molecule has 0 bridgehead atoms. The van der Waals surface area contributed by atoms with Crippen molar-refractivity contribution >= 4 is 5.97 Å². The summed E-state index contributed by atoms with van der Waals surface area (Å²) >= 11 is 0. The van der Waals surface area contributed by atoms with Crippen LogP contribution in [0.15, 0.2) is 48.5 Å². The minimum atomic E-state index is -0.435. The molecule has 0 amide bonds. The number of carbonyl (C=O) groups is 1. The number of rotatable bonds is 5. The number of ether oxygens (including phenoxy) is 3. The van der Waals surface area contributed by atoms with Crippen molar-refractivity contribution in [2.45, 2.75) is 20.0 Å². The lowest BCUT2D eigenvalue weighted by atomic mass is 10.2. The van der Waals surface area contributed by atoms with Crippen LogP contribution in [0.3, 0.4) is 0 Å². The van der Waals surface area contributed by atoms with Crippen molar-refractivity contribution in [2.24, 2.45) is 0 Å². The zero-order chi connectivity index (χ0) is 15.2. The van der Waals surface area contributed by atoms with Gasteiger partial charge in [0.05, 0.1) is 18.8 Å². The average molecular weight is 286 g/mol. The second-order valence-corrected chi connectivity index (χ2v) is 4.73. The second-order valence-electron chi connectivity index (χ2n) is 4.73. The van der Waals surface area contributed by atoms with Gasteiger partial charge in [-0.1, -0.05) is 12.1 Å². The number of para-hydroxylation sites is 2. The van der Waals surface area contributed by atoms with Gasteiger partial charge >= 0.3 is 5.97 Å². The van der Waals surface area contributed by atoms with Crippen LogP contribution < -0.4 is 14.2 Å². The molecule has 4 heteroatoms. The summed E-state index contributed by atoms with van der Waals surface area (Å²) in [6, 6.07) is 13.9. The highest BCUT2D eigenvalue weighted by Gasteiger charge is 2.12. The summed E-state index contributed by atoms with van der Waals surface area (Å²) in [5, 5.41) is 0. The van der Waals surface area contributed by atoms with Crippen molar-refractivity contribution in [1.29, 1.82) is 0 Å². The molecule has 4 nitrogen and oxygen atoms in total. The average Bonchev–Trinajstić information content (AvgIpc) is 2.48. The van der Waals surface area contributed by atoms with Crippen molar-refractivity contribution in [1.82, 2.24) is 0 Å². The molecular weight excluding hydrogens is 268 g/mol. The fraction of sp³-hybridized carbons (Fsp3) is 0.235. The van der Waals surface area contributed by atoms with Crippen LogP contribution in [0.5, 0.6) is 17.2 Å². The van der Waals surface area contributed by atoms with Gasteiger partial charge in [0.25, 0.3) is 0 Å². The van der Waals surface area contributed by atoms with Crippen LogP contribution >= 0.6 is 0 Å². The Hall–Kier alpha value is -2.49. The molecule has 2 aromatic carbocycles. The molecule has 0 fully saturated rings. The Morgan fingerprint density at radius 3 is 2.14 bits per heavy atom. The van der Waals surface area contributed by atoms with E-state index in [0.29, 0.717) is 17.1 Å². The van der Waals surface area contributed by atoms with Crippen LogP contribution in [-0.4, -0.2) is 19.2 Å². The first-order chi connectivity index (χ1) is 10.1. The summed E-state index contributed by atoms with van der Waals surface area (Å²) in [6.07, 6.45) is 0.0939. The van der Waals surface area contributed by atoms with E-state index < -0.39 is 5.97 Å². The highest BCUT2D eigenvalue weighted by molar-refractivity contribution is 5.91. The Balaban J connectivity index is 2.09. The summed E-state index contributed by atoms with van der Waals surface area (Å²) in [4.78, 5) is 12.1. The molecule has 0 aliphatic rings. The van der Waals surface area contributed by atoms with Crippen molar-refractivity contribution in [3.8, 4) is 17.2 Å². The third-order valence-corrected chi connectivity index (χ3v) is 2.73. The van der Waals surface area contributed by atoms with E-state index in [0.717, 1.165) is 5.75 Å². The normalized spacial score (nSPS) is 10.3. The van der Waals surface area contributed by atoms with Crippen molar-refractivity contribution < 1.29 is 19.0 Å². The van der Waals surface area contributed by atoms with Crippen molar-refractivity contribution in [2.75, 3.05) is 7.11 Å². The maximum Gasteiger partial charge on any atom is 0.343 e. The first-order valence-corrected chi connectivity index (χ1v) is 6.72. The van der Waals surface area contributed by atoms with E-state index >= 15 is 0 Å². The molecular formula is C17H18O4. The Morgan fingerprint density at radius 1 is 0.952 bits per heavy atom. The maximum absolute atomic E-state index is 12.1. The molecule has 21 heavy (non-hydrogen) atoms. The maximum atomic E-state index is 12.1. The minimum absolute atomic E-state index is 0.0939. The molecule has 0 saturated heterocycles. The fourth-order valence-corrected chi connectivity index (χ4v) is 1.80. The standard InChI is InChI=1S/C17H18O4/c1-12(2)20-14-10-8-13(9-11-14)17(18)21-16-7-5-4-6-15(16)19-3/h4-12H,1-3H3. The number of carbonyl (C=O) groups excluding carboxylic acids is 1. The third kappa shape index (κ3) is 3.99. The molecule has 0 heterocycles. The first kappa shape index (κ1) is 14.9. The molecule has 0 radical (unpaired) electrons. The van der Waals surface area contributed by atoms with Gasteiger partial charge in [-0.15, -0.1) is 0 Å². The molecule has 0 saturated carbocycles. The predicted octanol–water partition coefficient (Wildman–Crippen LogP) is 3.70. The van der Waals surface area contributed by atoms with Gasteiger partial charge in [0.1, 0.15) is 5.75 Å². The summed E-state index contributed by atoms with van der Waals surface area (Å²) in [6.45, 7) is 3.90. The Morgan fingerprint density at radius 2 is 1.57 bits per heavy atom.